The Morgan fingerprint density at radius 1 is 1.53 bits per heavy atom. The molecule has 0 aliphatic carbocycles. The van der Waals surface area contributed by atoms with E-state index in [4.69, 9.17) is 4.42 Å². The van der Waals surface area contributed by atoms with E-state index >= 15 is 0 Å². The standard InChI is InChI=1S/C13H17N3O/c1-16(8-10-3-2-6-14-10)11-4-5-12-13(7-11)17-9-15-12/h4-5,7,9-10,14H,2-3,6,8H2,1H3. The van der Waals surface area contributed by atoms with Gasteiger partial charge in [0.25, 0.3) is 0 Å². The number of anilines is 1. The molecule has 0 spiro atoms. The maximum absolute atomic E-state index is 5.33. The van der Waals surface area contributed by atoms with Crippen molar-refractivity contribution >= 4 is 16.8 Å². The minimum atomic E-state index is 0.616. The van der Waals surface area contributed by atoms with Crippen molar-refractivity contribution in [3.05, 3.63) is 24.6 Å². The van der Waals surface area contributed by atoms with Crippen LogP contribution in [0.15, 0.2) is 29.0 Å². The third kappa shape index (κ3) is 2.13. The molecule has 17 heavy (non-hydrogen) atoms. The summed E-state index contributed by atoms with van der Waals surface area (Å²) in [5.74, 6) is 0. The van der Waals surface area contributed by atoms with Crippen molar-refractivity contribution in [2.24, 2.45) is 0 Å². The van der Waals surface area contributed by atoms with Gasteiger partial charge in [-0.3, -0.25) is 0 Å². The molecule has 0 saturated carbocycles. The quantitative estimate of drug-likeness (QED) is 0.877. The minimum absolute atomic E-state index is 0.616. The molecule has 1 atom stereocenters. The number of rotatable bonds is 3. The van der Waals surface area contributed by atoms with Gasteiger partial charge in [-0.05, 0) is 31.5 Å². The zero-order chi connectivity index (χ0) is 11.7. The van der Waals surface area contributed by atoms with Crippen LogP contribution in [-0.4, -0.2) is 31.2 Å². The normalized spacial score (nSPS) is 19.9. The Kier molecular flexibility index (Phi) is 2.73. The van der Waals surface area contributed by atoms with Crippen molar-refractivity contribution in [3.63, 3.8) is 0 Å². The van der Waals surface area contributed by atoms with Crippen LogP contribution < -0.4 is 10.2 Å². The maximum Gasteiger partial charge on any atom is 0.181 e. The fraction of sp³-hybridized carbons (Fsp3) is 0.462. The second-order valence-corrected chi connectivity index (χ2v) is 4.68. The monoisotopic (exact) mass is 231 g/mol. The van der Waals surface area contributed by atoms with Crippen molar-refractivity contribution in [1.29, 1.82) is 0 Å². The van der Waals surface area contributed by atoms with Crippen LogP contribution in [0, 0.1) is 0 Å². The van der Waals surface area contributed by atoms with Crippen LogP contribution in [0.1, 0.15) is 12.8 Å². The number of benzene rings is 1. The molecule has 0 bridgehead atoms. The zero-order valence-corrected chi connectivity index (χ0v) is 10.0. The summed E-state index contributed by atoms with van der Waals surface area (Å²) in [5.41, 5.74) is 2.96. The van der Waals surface area contributed by atoms with Gasteiger partial charge in [-0.1, -0.05) is 0 Å². The Balaban J connectivity index is 1.77. The van der Waals surface area contributed by atoms with E-state index in [0.717, 1.165) is 24.2 Å². The highest BCUT2D eigenvalue weighted by atomic mass is 16.3. The van der Waals surface area contributed by atoms with Crippen LogP contribution >= 0.6 is 0 Å². The lowest BCUT2D eigenvalue weighted by molar-refractivity contribution is 0.596. The smallest absolute Gasteiger partial charge is 0.181 e. The number of likely N-dealkylation sites (N-methyl/N-ethyl adjacent to an activating group) is 1. The third-order valence-electron chi connectivity index (χ3n) is 3.41. The number of aromatic nitrogens is 1. The fourth-order valence-corrected chi connectivity index (χ4v) is 2.43. The van der Waals surface area contributed by atoms with E-state index < -0.39 is 0 Å². The van der Waals surface area contributed by atoms with E-state index in [-0.39, 0.29) is 0 Å². The minimum Gasteiger partial charge on any atom is -0.443 e. The largest absolute Gasteiger partial charge is 0.443 e. The average Bonchev–Trinajstić information content (AvgIpc) is 2.97. The van der Waals surface area contributed by atoms with Gasteiger partial charge in [0.05, 0.1) is 0 Å². The molecule has 1 fully saturated rings. The maximum atomic E-state index is 5.33. The summed E-state index contributed by atoms with van der Waals surface area (Å²) in [5, 5.41) is 3.51. The van der Waals surface area contributed by atoms with Gasteiger partial charge in [0.1, 0.15) is 5.52 Å². The Morgan fingerprint density at radius 3 is 3.29 bits per heavy atom. The molecule has 2 aromatic rings. The van der Waals surface area contributed by atoms with Crippen molar-refractivity contribution < 1.29 is 4.42 Å². The summed E-state index contributed by atoms with van der Waals surface area (Å²) in [6.07, 6.45) is 4.06. The van der Waals surface area contributed by atoms with Gasteiger partial charge in [-0.25, -0.2) is 4.98 Å². The topological polar surface area (TPSA) is 41.3 Å². The van der Waals surface area contributed by atoms with Crippen LogP contribution in [0.4, 0.5) is 5.69 Å². The van der Waals surface area contributed by atoms with Crippen LogP contribution in [0.5, 0.6) is 0 Å². The molecule has 1 saturated heterocycles. The Hall–Kier alpha value is -1.55. The van der Waals surface area contributed by atoms with Crippen LogP contribution in [0.2, 0.25) is 0 Å². The van der Waals surface area contributed by atoms with Gasteiger partial charge in [0.15, 0.2) is 12.0 Å². The lowest BCUT2D eigenvalue weighted by Gasteiger charge is -2.23. The Labute approximate surface area is 101 Å². The van der Waals surface area contributed by atoms with Gasteiger partial charge in [-0.15, -0.1) is 0 Å². The van der Waals surface area contributed by atoms with Crippen molar-refractivity contribution in [3.8, 4) is 0 Å². The first kappa shape index (κ1) is 10.6. The molecular formula is C13H17N3O. The molecular weight excluding hydrogens is 214 g/mol. The summed E-state index contributed by atoms with van der Waals surface area (Å²) in [6, 6.07) is 6.77. The van der Waals surface area contributed by atoms with Gasteiger partial charge in [0, 0.05) is 31.4 Å². The number of nitrogens with zero attached hydrogens (tertiary/aromatic N) is 2. The van der Waals surface area contributed by atoms with Gasteiger partial charge >= 0.3 is 0 Å². The highest BCUT2D eigenvalue weighted by Crippen LogP contribution is 2.21. The first-order chi connectivity index (χ1) is 8.33. The Bertz CT molecular complexity index is 502. The summed E-state index contributed by atoms with van der Waals surface area (Å²) in [4.78, 5) is 6.39. The second-order valence-electron chi connectivity index (χ2n) is 4.68. The number of hydrogen-bond donors (Lipinski definition) is 1. The Morgan fingerprint density at radius 2 is 2.47 bits per heavy atom. The van der Waals surface area contributed by atoms with E-state index in [1.165, 1.54) is 24.9 Å². The molecule has 2 heterocycles. The van der Waals surface area contributed by atoms with E-state index in [9.17, 15) is 0 Å². The lowest BCUT2D eigenvalue weighted by Crippen LogP contribution is -2.35. The van der Waals surface area contributed by atoms with Crippen molar-refractivity contribution in [1.82, 2.24) is 10.3 Å². The molecule has 3 rings (SSSR count). The second kappa shape index (κ2) is 4.37. The zero-order valence-electron chi connectivity index (χ0n) is 10.0. The molecule has 0 amide bonds. The SMILES string of the molecule is CN(CC1CCCN1)c1ccc2ncoc2c1. The molecule has 90 valence electrons. The average molecular weight is 231 g/mol. The molecule has 4 nitrogen and oxygen atoms in total. The number of oxazole rings is 1. The van der Waals surface area contributed by atoms with E-state index in [1.54, 1.807) is 0 Å². The molecule has 1 N–H and O–H groups in total. The molecule has 4 heteroatoms. The summed E-state index contributed by atoms with van der Waals surface area (Å²) in [7, 11) is 2.12. The van der Waals surface area contributed by atoms with E-state index in [2.05, 4.69) is 34.4 Å². The van der Waals surface area contributed by atoms with Crippen LogP contribution in [-0.2, 0) is 0 Å². The number of nitrogens with one attached hydrogen (secondary N) is 1. The van der Waals surface area contributed by atoms with Crippen LogP contribution in [0.3, 0.4) is 0 Å². The molecule has 1 aromatic carbocycles. The van der Waals surface area contributed by atoms with Gasteiger partial charge < -0.3 is 14.6 Å². The first-order valence-corrected chi connectivity index (χ1v) is 6.11. The van der Waals surface area contributed by atoms with Crippen molar-refractivity contribution in [2.45, 2.75) is 18.9 Å². The van der Waals surface area contributed by atoms with Gasteiger partial charge in [-0.2, -0.15) is 0 Å². The molecule has 0 radical (unpaired) electrons. The third-order valence-corrected chi connectivity index (χ3v) is 3.41. The van der Waals surface area contributed by atoms with Gasteiger partial charge in [0.2, 0.25) is 0 Å². The van der Waals surface area contributed by atoms with Crippen LogP contribution in [0.25, 0.3) is 11.1 Å². The highest BCUT2D eigenvalue weighted by Gasteiger charge is 2.16. The van der Waals surface area contributed by atoms with E-state index in [0.29, 0.717) is 6.04 Å². The predicted octanol–water partition coefficient (Wildman–Crippen LogP) is 2.02. The lowest BCUT2D eigenvalue weighted by atomic mass is 10.2. The number of fused-ring (bicyclic) bond motifs is 1. The number of hydrogen-bond acceptors (Lipinski definition) is 4. The fourth-order valence-electron chi connectivity index (χ4n) is 2.43. The predicted molar refractivity (Wildman–Crippen MR) is 68.3 cm³/mol. The summed E-state index contributed by atoms with van der Waals surface area (Å²) in [6.45, 7) is 2.19. The van der Waals surface area contributed by atoms with Crippen molar-refractivity contribution in [2.75, 3.05) is 25.0 Å². The molecule has 1 aromatic heterocycles. The van der Waals surface area contributed by atoms with E-state index in [1.807, 2.05) is 6.07 Å². The molecule has 1 unspecified atom stereocenters. The first-order valence-electron chi connectivity index (χ1n) is 6.11. The molecule has 1 aliphatic heterocycles. The highest BCUT2D eigenvalue weighted by molar-refractivity contribution is 5.77. The summed E-state index contributed by atoms with van der Waals surface area (Å²) >= 11 is 0. The summed E-state index contributed by atoms with van der Waals surface area (Å²) < 4.78 is 5.33. The molecule has 1 aliphatic rings.